The van der Waals surface area contributed by atoms with Gasteiger partial charge in [-0.1, -0.05) is 36.2 Å². The van der Waals surface area contributed by atoms with Crippen molar-refractivity contribution in [3.8, 4) is 0 Å². The zero-order valence-electron chi connectivity index (χ0n) is 10.1. The largest absolute Gasteiger partial charge is 0.330 e. The van der Waals surface area contributed by atoms with Gasteiger partial charge in [0.2, 0.25) is 0 Å². The van der Waals surface area contributed by atoms with Crippen molar-refractivity contribution < 1.29 is 0 Å². The number of aryl methyl sites for hydroxylation is 1. The molecule has 0 aliphatic carbocycles. The molecule has 1 saturated heterocycles. The van der Waals surface area contributed by atoms with Gasteiger partial charge in [-0.25, -0.2) is 0 Å². The van der Waals surface area contributed by atoms with Crippen molar-refractivity contribution >= 4 is 0 Å². The summed E-state index contributed by atoms with van der Waals surface area (Å²) in [4.78, 5) is 0. The van der Waals surface area contributed by atoms with Crippen molar-refractivity contribution in [3.63, 3.8) is 0 Å². The number of hydrogen-bond acceptors (Lipinski definition) is 2. The van der Waals surface area contributed by atoms with E-state index in [1.807, 2.05) is 0 Å². The summed E-state index contributed by atoms with van der Waals surface area (Å²) in [6, 6.07) is 8.84. The lowest BCUT2D eigenvalue weighted by atomic mass is 9.79. The molecule has 1 unspecified atom stereocenters. The first-order valence-electron chi connectivity index (χ1n) is 6.29. The van der Waals surface area contributed by atoms with Crippen molar-refractivity contribution in [3.05, 3.63) is 35.4 Å². The lowest BCUT2D eigenvalue weighted by Crippen LogP contribution is -2.47. The molecular formula is C14H22N2. The minimum Gasteiger partial charge on any atom is -0.330 e. The maximum atomic E-state index is 5.78. The standard InChI is InChI=1S/C14H22N2/c1-12-5-4-6-13(11-12)14(8-9-15)7-2-3-10-16-14/h4-6,11,16H,2-3,7-10,15H2,1H3. The van der Waals surface area contributed by atoms with Crippen LogP contribution in [0.4, 0.5) is 0 Å². The van der Waals surface area contributed by atoms with Gasteiger partial charge in [0, 0.05) is 5.54 Å². The quantitative estimate of drug-likeness (QED) is 0.817. The summed E-state index contributed by atoms with van der Waals surface area (Å²) >= 11 is 0. The third kappa shape index (κ3) is 2.28. The second kappa shape index (κ2) is 4.98. The predicted octanol–water partition coefficient (Wildman–Crippen LogP) is 2.31. The van der Waals surface area contributed by atoms with E-state index < -0.39 is 0 Å². The number of nitrogens with one attached hydrogen (secondary N) is 1. The SMILES string of the molecule is Cc1cccc(C2(CCN)CCCCN2)c1. The van der Waals surface area contributed by atoms with Gasteiger partial charge in [0.1, 0.15) is 0 Å². The maximum Gasteiger partial charge on any atom is 0.0446 e. The highest BCUT2D eigenvalue weighted by atomic mass is 15.0. The molecule has 1 aromatic rings. The Morgan fingerprint density at radius 3 is 2.88 bits per heavy atom. The van der Waals surface area contributed by atoms with Gasteiger partial charge in [0.05, 0.1) is 0 Å². The lowest BCUT2D eigenvalue weighted by molar-refractivity contribution is 0.243. The molecule has 1 fully saturated rings. The third-order valence-corrected chi connectivity index (χ3v) is 3.64. The van der Waals surface area contributed by atoms with Crippen molar-refractivity contribution in [2.75, 3.05) is 13.1 Å². The van der Waals surface area contributed by atoms with Crippen LogP contribution in [0.15, 0.2) is 24.3 Å². The molecule has 1 aromatic carbocycles. The summed E-state index contributed by atoms with van der Waals surface area (Å²) in [5, 5.41) is 3.70. The van der Waals surface area contributed by atoms with Crippen molar-refractivity contribution in [2.45, 2.75) is 38.1 Å². The van der Waals surface area contributed by atoms with Gasteiger partial charge >= 0.3 is 0 Å². The molecule has 0 amide bonds. The van der Waals surface area contributed by atoms with Crippen LogP contribution in [0.3, 0.4) is 0 Å². The Kier molecular flexibility index (Phi) is 3.62. The number of piperidine rings is 1. The van der Waals surface area contributed by atoms with E-state index in [-0.39, 0.29) is 5.54 Å². The first-order valence-corrected chi connectivity index (χ1v) is 6.29. The van der Waals surface area contributed by atoms with Gasteiger partial charge in [-0.2, -0.15) is 0 Å². The summed E-state index contributed by atoms with van der Waals surface area (Å²) in [7, 11) is 0. The number of rotatable bonds is 3. The van der Waals surface area contributed by atoms with Crippen molar-refractivity contribution in [1.82, 2.24) is 5.32 Å². The molecular weight excluding hydrogens is 196 g/mol. The van der Waals surface area contributed by atoms with Gasteiger partial charge in [-0.05, 0) is 44.8 Å². The van der Waals surface area contributed by atoms with Crippen molar-refractivity contribution in [1.29, 1.82) is 0 Å². The summed E-state index contributed by atoms with van der Waals surface area (Å²) in [5.74, 6) is 0. The molecule has 0 saturated carbocycles. The highest BCUT2D eigenvalue weighted by Gasteiger charge is 2.32. The van der Waals surface area contributed by atoms with Gasteiger partial charge < -0.3 is 11.1 Å². The maximum absolute atomic E-state index is 5.78. The smallest absolute Gasteiger partial charge is 0.0446 e. The first-order chi connectivity index (χ1) is 7.77. The first kappa shape index (κ1) is 11.6. The van der Waals surface area contributed by atoms with E-state index in [0.717, 1.165) is 19.5 Å². The number of benzene rings is 1. The van der Waals surface area contributed by atoms with Gasteiger partial charge in [0.15, 0.2) is 0 Å². The zero-order chi connectivity index (χ0) is 11.4. The van der Waals surface area contributed by atoms with E-state index in [2.05, 4.69) is 36.5 Å². The number of nitrogens with two attached hydrogens (primary N) is 1. The van der Waals surface area contributed by atoms with E-state index in [1.165, 1.54) is 30.4 Å². The molecule has 1 heterocycles. The summed E-state index contributed by atoms with van der Waals surface area (Å²) < 4.78 is 0. The second-order valence-corrected chi connectivity index (χ2v) is 4.87. The Morgan fingerprint density at radius 2 is 2.25 bits per heavy atom. The molecule has 0 bridgehead atoms. The van der Waals surface area contributed by atoms with Gasteiger partial charge in [0.25, 0.3) is 0 Å². The topological polar surface area (TPSA) is 38.0 Å². The molecule has 0 radical (unpaired) electrons. The van der Waals surface area contributed by atoms with Gasteiger partial charge in [-0.15, -0.1) is 0 Å². The van der Waals surface area contributed by atoms with E-state index >= 15 is 0 Å². The van der Waals surface area contributed by atoms with E-state index in [0.29, 0.717) is 0 Å². The van der Waals surface area contributed by atoms with Crippen LogP contribution in [0.5, 0.6) is 0 Å². The molecule has 0 aromatic heterocycles. The molecule has 2 nitrogen and oxygen atoms in total. The molecule has 1 aliphatic rings. The normalized spacial score (nSPS) is 25.6. The predicted molar refractivity (Wildman–Crippen MR) is 68.4 cm³/mol. The lowest BCUT2D eigenvalue weighted by Gasteiger charge is -2.39. The monoisotopic (exact) mass is 218 g/mol. The zero-order valence-corrected chi connectivity index (χ0v) is 10.1. The number of hydrogen-bond donors (Lipinski definition) is 2. The summed E-state index contributed by atoms with van der Waals surface area (Å²) in [5.41, 5.74) is 8.67. The molecule has 3 N–H and O–H groups in total. The van der Waals surface area contributed by atoms with Crippen LogP contribution in [0.2, 0.25) is 0 Å². The highest BCUT2D eigenvalue weighted by Crippen LogP contribution is 2.33. The molecule has 0 spiro atoms. The van der Waals surface area contributed by atoms with Crippen LogP contribution in [-0.4, -0.2) is 13.1 Å². The van der Waals surface area contributed by atoms with Crippen LogP contribution in [-0.2, 0) is 5.54 Å². The average molecular weight is 218 g/mol. The highest BCUT2D eigenvalue weighted by molar-refractivity contribution is 5.29. The molecule has 16 heavy (non-hydrogen) atoms. The van der Waals surface area contributed by atoms with Crippen LogP contribution in [0.25, 0.3) is 0 Å². The Morgan fingerprint density at radius 1 is 1.38 bits per heavy atom. The Balaban J connectivity index is 2.30. The van der Waals surface area contributed by atoms with E-state index in [9.17, 15) is 0 Å². The molecule has 2 rings (SSSR count). The Labute approximate surface area is 98.2 Å². The summed E-state index contributed by atoms with van der Waals surface area (Å²) in [6.07, 6.45) is 4.85. The minimum absolute atomic E-state index is 0.138. The Hall–Kier alpha value is -0.860. The van der Waals surface area contributed by atoms with Crippen LogP contribution in [0.1, 0.15) is 36.8 Å². The van der Waals surface area contributed by atoms with Crippen LogP contribution >= 0.6 is 0 Å². The fraction of sp³-hybridized carbons (Fsp3) is 0.571. The third-order valence-electron chi connectivity index (χ3n) is 3.64. The van der Waals surface area contributed by atoms with Crippen LogP contribution in [0, 0.1) is 6.92 Å². The average Bonchev–Trinajstić information content (AvgIpc) is 2.31. The Bertz CT molecular complexity index is 335. The molecule has 1 aliphatic heterocycles. The van der Waals surface area contributed by atoms with Gasteiger partial charge in [-0.3, -0.25) is 0 Å². The molecule has 88 valence electrons. The molecule has 2 heteroatoms. The van der Waals surface area contributed by atoms with Crippen molar-refractivity contribution in [2.24, 2.45) is 5.73 Å². The second-order valence-electron chi connectivity index (χ2n) is 4.87. The molecule has 1 atom stereocenters. The minimum atomic E-state index is 0.138. The van der Waals surface area contributed by atoms with Crippen LogP contribution < -0.4 is 11.1 Å². The summed E-state index contributed by atoms with van der Waals surface area (Å²) in [6.45, 7) is 4.03. The van der Waals surface area contributed by atoms with E-state index in [4.69, 9.17) is 5.73 Å². The fourth-order valence-electron chi connectivity index (χ4n) is 2.76. The van der Waals surface area contributed by atoms with E-state index in [1.54, 1.807) is 0 Å². The fourth-order valence-corrected chi connectivity index (χ4v) is 2.76.